The minimum atomic E-state index is -4.49. The maximum atomic E-state index is 12.4. The standard InChI is InChI=1S/C11H8Cl2F3N3S/c1-5(7-3-2-6(12)4-8(7)13)17-10-19-18-9(20-10)11(14,15)16/h2-5H,1H3,(H,17,19)/t5-/m0/s1. The van der Waals surface area contributed by atoms with Crippen LogP contribution in [0.1, 0.15) is 23.5 Å². The predicted molar refractivity (Wildman–Crippen MR) is 73.4 cm³/mol. The summed E-state index contributed by atoms with van der Waals surface area (Å²) in [5, 5.41) is 9.39. The lowest BCUT2D eigenvalue weighted by Crippen LogP contribution is -2.06. The van der Waals surface area contributed by atoms with Crippen LogP contribution < -0.4 is 5.32 Å². The number of anilines is 1. The molecule has 0 aliphatic heterocycles. The number of rotatable bonds is 3. The van der Waals surface area contributed by atoms with E-state index >= 15 is 0 Å². The Labute approximate surface area is 126 Å². The normalized spacial score (nSPS) is 13.3. The van der Waals surface area contributed by atoms with Crippen LogP contribution in [0.2, 0.25) is 10.0 Å². The lowest BCUT2D eigenvalue weighted by molar-refractivity contribution is -0.138. The van der Waals surface area contributed by atoms with E-state index in [4.69, 9.17) is 23.2 Å². The van der Waals surface area contributed by atoms with Crippen molar-refractivity contribution >= 4 is 39.7 Å². The third-order valence-corrected chi connectivity index (χ3v) is 3.90. The van der Waals surface area contributed by atoms with Crippen LogP contribution in [0.5, 0.6) is 0 Å². The monoisotopic (exact) mass is 341 g/mol. The molecule has 2 rings (SSSR count). The van der Waals surface area contributed by atoms with Crippen molar-refractivity contribution in [3.63, 3.8) is 0 Å². The molecule has 0 fully saturated rings. The van der Waals surface area contributed by atoms with E-state index in [1.165, 1.54) is 0 Å². The van der Waals surface area contributed by atoms with Gasteiger partial charge in [0.1, 0.15) is 0 Å². The van der Waals surface area contributed by atoms with Crippen LogP contribution in [0.4, 0.5) is 18.3 Å². The molecule has 1 aromatic carbocycles. The molecule has 0 saturated heterocycles. The van der Waals surface area contributed by atoms with Crippen LogP contribution in [0.15, 0.2) is 18.2 Å². The summed E-state index contributed by atoms with van der Waals surface area (Å²) in [6.07, 6.45) is -4.49. The second kappa shape index (κ2) is 5.75. The van der Waals surface area contributed by atoms with Gasteiger partial charge in [0.2, 0.25) is 10.1 Å². The molecule has 0 radical (unpaired) electrons. The van der Waals surface area contributed by atoms with Gasteiger partial charge in [-0.2, -0.15) is 13.2 Å². The predicted octanol–water partition coefficient (Wildman–Crippen LogP) is 5.04. The van der Waals surface area contributed by atoms with Crippen LogP contribution in [-0.2, 0) is 6.18 Å². The molecule has 9 heteroatoms. The van der Waals surface area contributed by atoms with Crippen molar-refractivity contribution in [2.24, 2.45) is 0 Å². The van der Waals surface area contributed by atoms with Gasteiger partial charge >= 0.3 is 6.18 Å². The Hall–Kier alpha value is -1.05. The van der Waals surface area contributed by atoms with Crippen LogP contribution in [-0.4, -0.2) is 10.2 Å². The first-order valence-corrected chi connectivity index (χ1v) is 6.97. The SMILES string of the molecule is C[C@H](Nc1nnc(C(F)(F)F)s1)c1ccc(Cl)cc1Cl. The van der Waals surface area contributed by atoms with Gasteiger partial charge in [0.15, 0.2) is 0 Å². The average Bonchev–Trinajstić information content (AvgIpc) is 2.76. The molecule has 20 heavy (non-hydrogen) atoms. The fraction of sp³-hybridized carbons (Fsp3) is 0.273. The van der Waals surface area contributed by atoms with Crippen LogP contribution in [0.3, 0.4) is 0 Å². The maximum Gasteiger partial charge on any atom is 0.445 e. The van der Waals surface area contributed by atoms with E-state index in [0.717, 1.165) is 0 Å². The molecule has 0 amide bonds. The third-order valence-electron chi connectivity index (χ3n) is 2.44. The van der Waals surface area contributed by atoms with E-state index in [2.05, 4.69) is 15.5 Å². The first kappa shape index (κ1) is 15.3. The molecule has 0 unspecified atom stereocenters. The van der Waals surface area contributed by atoms with Crippen molar-refractivity contribution in [1.29, 1.82) is 0 Å². The number of nitrogens with zero attached hydrogens (tertiary/aromatic N) is 2. The van der Waals surface area contributed by atoms with E-state index in [1.807, 2.05) is 0 Å². The smallest absolute Gasteiger partial charge is 0.354 e. The summed E-state index contributed by atoms with van der Waals surface area (Å²) < 4.78 is 37.2. The van der Waals surface area contributed by atoms with Gasteiger partial charge in [-0.15, -0.1) is 10.2 Å². The zero-order chi connectivity index (χ0) is 14.9. The van der Waals surface area contributed by atoms with E-state index in [9.17, 15) is 13.2 Å². The number of hydrogen-bond acceptors (Lipinski definition) is 4. The maximum absolute atomic E-state index is 12.4. The van der Waals surface area contributed by atoms with Crippen molar-refractivity contribution in [2.75, 3.05) is 5.32 Å². The Morgan fingerprint density at radius 3 is 2.50 bits per heavy atom. The second-order valence-corrected chi connectivity index (χ2v) is 5.76. The number of halogens is 5. The highest BCUT2D eigenvalue weighted by Crippen LogP contribution is 2.35. The van der Waals surface area contributed by atoms with Crippen LogP contribution in [0, 0.1) is 0 Å². The van der Waals surface area contributed by atoms with Gasteiger partial charge < -0.3 is 5.32 Å². The molecular formula is C11H8Cl2F3N3S. The van der Waals surface area contributed by atoms with Crippen molar-refractivity contribution < 1.29 is 13.2 Å². The highest BCUT2D eigenvalue weighted by atomic mass is 35.5. The molecule has 0 aliphatic carbocycles. The molecule has 0 spiro atoms. The van der Waals surface area contributed by atoms with Crippen molar-refractivity contribution in [2.45, 2.75) is 19.1 Å². The second-order valence-electron chi connectivity index (χ2n) is 3.94. The number of hydrogen-bond donors (Lipinski definition) is 1. The van der Waals surface area contributed by atoms with Gasteiger partial charge in [-0.1, -0.05) is 40.6 Å². The van der Waals surface area contributed by atoms with Crippen molar-refractivity contribution in [1.82, 2.24) is 10.2 Å². The molecule has 1 heterocycles. The van der Waals surface area contributed by atoms with E-state index in [1.54, 1.807) is 25.1 Å². The molecule has 0 aliphatic rings. The summed E-state index contributed by atoms with van der Waals surface area (Å²) in [6, 6.07) is 4.60. The first-order chi connectivity index (χ1) is 9.27. The molecule has 0 saturated carbocycles. The van der Waals surface area contributed by atoms with Gasteiger partial charge in [0.05, 0.1) is 6.04 Å². The zero-order valence-corrected chi connectivity index (χ0v) is 12.3. The summed E-state index contributed by atoms with van der Waals surface area (Å²) in [5.41, 5.74) is 0.708. The van der Waals surface area contributed by atoms with E-state index in [-0.39, 0.29) is 11.2 Å². The summed E-state index contributed by atoms with van der Waals surface area (Å²) in [5.74, 6) is 0. The Morgan fingerprint density at radius 1 is 1.25 bits per heavy atom. The molecule has 1 atom stereocenters. The van der Waals surface area contributed by atoms with E-state index in [0.29, 0.717) is 26.9 Å². The average molecular weight is 342 g/mol. The molecule has 2 aromatic rings. The molecule has 3 nitrogen and oxygen atoms in total. The zero-order valence-electron chi connectivity index (χ0n) is 10.0. The van der Waals surface area contributed by atoms with Gasteiger partial charge in [0.25, 0.3) is 0 Å². The Balaban J connectivity index is 2.15. The summed E-state index contributed by atoms with van der Waals surface area (Å²) in [7, 11) is 0. The largest absolute Gasteiger partial charge is 0.445 e. The first-order valence-electron chi connectivity index (χ1n) is 5.39. The minimum Gasteiger partial charge on any atom is -0.354 e. The van der Waals surface area contributed by atoms with Crippen molar-refractivity contribution in [3.05, 3.63) is 38.8 Å². The number of nitrogens with one attached hydrogen (secondary N) is 1. The third kappa shape index (κ3) is 3.53. The fourth-order valence-corrected chi connectivity index (χ4v) is 2.78. The quantitative estimate of drug-likeness (QED) is 0.849. The molecular weight excluding hydrogens is 334 g/mol. The number of alkyl halides is 3. The molecule has 0 bridgehead atoms. The highest BCUT2D eigenvalue weighted by molar-refractivity contribution is 7.15. The number of aromatic nitrogens is 2. The highest BCUT2D eigenvalue weighted by Gasteiger charge is 2.35. The molecule has 1 N–H and O–H groups in total. The summed E-state index contributed by atoms with van der Waals surface area (Å²) in [6.45, 7) is 1.75. The molecule has 108 valence electrons. The van der Waals surface area contributed by atoms with Gasteiger partial charge in [-0.05, 0) is 24.6 Å². The summed E-state index contributed by atoms with van der Waals surface area (Å²) in [4.78, 5) is 0. The summed E-state index contributed by atoms with van der Waals surface area (Å²) >= 11 is 12.3. The fourth-order valence-electron chi connectivity index (χ4n) is 1.51. The van der Waals surface area contributed by atoms with Gasteiger partial charge in [0, 0.05) is 10.0 Å². The van der Waals surface area contributed by atoms with E-state index < -0.39 is 11.2 Å². The number of benzene rings is 1. The Morgan fingerprint density at radius 2 is 1.95 bits per heavy atom. The Kier molecular flexibility index (Phi) is 4.41. The van der Waals surface area contributed by atoms with Gasteiger partial charge in [-0.25, -0.2) is 0 Å². The van der Waals surface area contributed by atoms with Crippen molar-refractivity contribution in [3.8, 4) is 0 Å². The Bertz CT molecular complexity index is 615. The lowest BCUT2D eigenvalue weighted by Gasteiger charge is -2.14. The topological polar surface area (TPSA) is 37.8 Å². The minimum absolute atomic E-state index is 0.0795. The lowest BCUT2D eigenvalue weighted by atomic mass is 10.1. The van der Waals surface area contributed by atoms with Crippen LogP contribution >= 0.6 is 34.5 Å². The van der Waals surface area contributed by atoms with Gasteiger partial charge in [-0.3, -0.25) is 0 Å². The molecule has 1 aromatic heterocycles. The van der Waals surface area contributed by atoms with Crippen LogP contribution in [0.25, 0.3) is 0 Å².